The van der Waals surface area contributed by atoms with Crippen molar-refractivity contribution in [3.05, 3.63) is 71.5 Å². The van der Waals surface area contributed by atoms with E-state index in [4.69, 9.17) is 4.74 Å². The number of rotatable bonds is 6. The summed E-state index contributed by atoms with van der Waals surface area (Å²) in [5, 5.41) is 0. The van der Waals surface area contributed by atoms with E-state index in [1.54, 1.807) is 12.1 Å². The third-order valence-corrected chi connectivity index (χ3v) is 5.99. The predicted molar refractivity (Wildman–Crippen MR) is 103 cm³/mol. The molecule has 0 aliphatic carbocycles. The monoisotopic (exact) mass is 367 g/mol. The Morgan fingerprint density at radius 2 is 1.78 bits per heavy atom. The minimum Gasteiger partial charge on any atom is -0.460 e. The Bertz CT molecular complexity index is 754. The van der Waals surface area contributed by atoms with Gasteiger partial charge in [-0.25, -0.2) is 4.39 Å². The van der Waals surface area contributed by atoms with E-state index >= 15 is 0 Å². The Morgan fingerprint density at radius 3 is 2.41 bits per heavy atom. The van der Waals surface area contributed by atoms with Crippen LogP contribution in [-0.2, 0) is 16.0 Å². The minimum atomic E-state index is -0.285. The summed E-state index contributed by atoms with van der Waals surface area (Å²) < 4.78 is 19.1. The average Bonchev–Trinajstić information content (AvgIpc) is 2.71. The van der Waals surface area contributed by atoms with E-state index in [-0.39, 0.29) is 23.8 Å². The summed E-state index contributed by atoms with van der Waals surface area (Å²) in [7, 11) is 0. The molecular formula is C23H26FNO2. The van der Waals surface area contributed by atoms with Crippen molar-refractivity contribution < 1.29 is 13.9 Å². The Morgan fingerprint density at radius 1 is 1.07 bits per heavy atom. The maximum absolute atomic E-state index is 13.1. The number of esters is 1. The number of ether oxygens (including phenoxy) is 1. The SMILES string of the molecule is O=C(OC1CN2CCC1CC2)C(CCc1ccc(F)cc1)c1ccccc1. The molecule has 0 amide bonds. The maximum Gasteiger partial charge on any atom is 0.313 e. The molecule has 3 fully saturated rings. The molecule has 0 N–H and O–H groups in total. The highest BCUT2D eigenvalue weighted by atomic mass is 19.1. The Kier molecular flexibility index (Phi) is 5.53. The van der Waals surface area contributed by atoms with E-state index in [9.17, 15) is 9.18 Å². The number of benzene rings is 2. The molecule has 142 valence electrons. The van der Waals surface area contributed by atoms with Crippen LogP contribution in [0.15, 0.2) is 54.6 Å². The van der Waals surface area contributed by atoms with E-state index in [0.717, 1.165) is 50.0 Å². The number of carbonyl (C=O) groups excluding carboxylic acids is 1. The highest BCUT2D eigenvalue weighted by Crippen LogP contribution is 2.32. The molecule has 0 spiro atoms. The zero-order valence-electron chi connectivity index (χ0n) is 15.5. The van der Waals surface area contributed by atoms with E-state index in [0.29, 0.717) is 12.3 Å². The zero-order valence-corrected chi connectivity index (χ0v) is 15.5. The van der Waals surface area contributed by atoms with Gasteiger partial charge in [-0.05, 0) is 68.0 Å². The van der Waals surface area contributed by atoms with Gasteiger partial charge in [-0.15, -0.1) is 0 Å². The number of carbonyl (C=O) groups is 1. The lowest BCUT2D eigenvalue weighted by atomic mass is 9.85. The van der Waals surface area contributed by atoms with Crippen molar-refractivity contribution in [3.8, 4) is 0 Å². The quantitative estimate of drug-likeness (QED) is 0.718. The van der Waals surface area contributed by atoms with Gasteiger partial charge in [0, 0.05) is 6.54 Å². The Hall–Kier alpha value is -2.20. The molecule has 2 unspecified atom stereocenters. The van der Waals surface area contributed by atoms with Crippen molar-refractivity contribution in [2.45, 2.75) is 37.7 Å². The number of piperidine rings is 3. The molecule has 2 aromatic rings. The van der Waals surface area contributed by atoms with Gasteiger partial charge in [0.15, 0.2) is 0 Å². The molecule has 27 heavy (non-hydrogen) atoms. The largest absolute Gasteiger partial charge is 0.460 e. The number of hydrogen-bond acceptors (Lipinski definition) is 3. The molecule has 3 nitrogen and oxygen atoms in total. The summed E-state index contributed by atoms with van der Waals surface area (Å²) in [5.74, 6) is -0.138. The molecule has 3 aliphatic rings. The van der Waals surface area contributed by atoms with Crippen molar-refractivity contribution in [2.75, 3.05) is 19.6 Å². The first-order valence-corrected chi connectivity index (χ1v) is 9.91. The van der Waals surface area contributed by atoms with Crippen LogP contribution in [0.3, 0.4) is 0 Å². The number of nitrogens with zero attached hydrogens (tertiary/aromatic N) is 1. The predicted octanol–water partition coefficient (Wildman–Crippen LogP) is 4.18. The first kappa shape index (κ1) is 18.2. The molecule has 2 atom stereocenters. The molecule has 2 bridgehead atoms. The lowest BCUT2D eigenvalue weighted by Crippen LogP contribution is -2.52. The summed E-state index contributed by atoms with van der Waals surface area (Å²) >= 11 is 0. The van der Waals surface area contributed by atoms with Crippen LogP contribution in [0.1, 0.15) is 36.3 Å². The van der Waals surface area contributed by atoms with Crippen LogP contribution in [0.5, 0.6) is 0 Å². The van der Waals surface area contributed by atoms with Crippen LogP contribution in [0, 0.1) is 11.7 Å². The van der Waals surface area contributed by atoms with Gasteiger partial charge in [-0.1, -0.05) is 42.5 Å². The van der Waals surface area contributed by atoms with Gasteiger partial charge in [0.05, 0.1) is 5.92 Å². The smallest absolute Gasteiger partial charge is 0.313 e. The second kappa shape index (κ2) is 8.22. The van der Waals surface area contributed by atoms with Crippen LogP contribution in [0.4, 0.5) is 4.39 Å². The van der Waals surface area contributed by atoms with Gasteiger partial charge in [0.25, 0.3) is 0 Å². The Labute approximate surface area is 160 Å². The summed E-state index contributed by atoms with van der Waals surface area (Å²) in [5.41, 5.74) is 2.03. The summed E-state index contributed by atoms with van der Waals surface area (Å²) in [6.45, 7) is 3.13. The molecule has 4 heteroatoms. The van der Waals surface area contributed by atoms with Gasteiger partial charge in [0.2, 0.25) is 0 Å². The third kappa shape index (κ3) is 4.38. The normalized spacial score (nSPS) is 25.1. The number of hydrogen-bond donors (Lipinski definition) is 0. The lowest BCUT2D eigenvalue weighted by molar-refractivity contribution is -0.160. The molecule has 2 aromatic carbocycles. The molecule has 0 aromatic heterocycles. The van der Waals surface area contributed by atoms with Crippen LogP contribution in [-0.4, -0.2) is 36.6 Å². The van der Waals surface area contributed by atoms with Gasteiger partial charge in [0.1, 0.15) is 11.9 Å². The second-order valence-corrected chi connectivity index (χ2v) is 7.74. The fourth-order valence-electron chi connectivity index (χ4n) is 4.34. The third-order valence-electron chi connectivity index (χ3n) is 5.99. The number of aryl methyl sites for hydroxylation is 1. The van der Waals surface area contributed by atoms with E-state index in [1.807, 2.05) is 30.3 Å². The van der Waals surface area contributed by atoms with Crippen LogP contribution in [0.25, 0.3) is 0 Å². The van der Waals surface area contributed by atoms with Crippen LogP contribution >= 0.6 is 0 Å². The zero-order chi connectivity index (χ0) is 18.6. The Balaban J connectivity index is 1.45. The maximum atomic E-state index is 13.1. The molecular weight excluding hydrogens is 341 g/mol. The van der Waals surface area contributed by atoms with Crippen molar-refractivity contribution in [1.82, 2.24) is 4.90 Å². The van der Waals surface area contributed by atoms with Gasteiger partial charge < -0.3 is 4.74 Å². The first-order chi connectivity index (χ1) is 13.2. The molecule has 3 aliphatic heterocycles. The van der Waals surface area contributed by atoms with Crippen molar-refractivity contribution in [1.29, 1.82) is 0 Å². The molecule has 5 rings (SSSR count). The van der Waals surface area contributed by atoms with Crippen molar-refractivity contribution in [2.24, 2.45) is 5.92 Å². The number of halogens is 1. The second-order valence-electron chi connectivity index (χ2n) is 7.74. The molecule has 0 radical (unpaired) electrons. The average molecular weight is 367 g/mol. The number of fused-ring (bicyclic) bond motifs is 3. The van der Waals surface area contributed by atoms with Gasteiger partial charge in [-0.2, -0.15) is 0 Å². The summed E-state index contributed by atoms with van der Waals surface area (Å²) in [6.07, 6.45) is 3.66. The summed E-state index contributed by atoms with van der Waals surface area (Å²) in [4.78, 5) is 15.5. The van der Waals surface area contributed by atoms with Gasteiger partial charge >= 0.3 is 5.97 Å². The van der Waals surface area contributed by atoms with Crippen molar-refractivity contribution in [3.63, 3.8) is 0 Å². The molecule has 0 saturated carbocycles. The van der Waals surface area contributed by atoms with Crippen LogP contribution in [0.2, 0.25) is 0 Å². The van der Waals surface area contributed by atoms with E-state index in [1.165, 1.54) is 12.1 Å². The van der Waals surface area contributed by atoms with E-state index < -0.39 is 0 Å². The first-order valence-electron chi connectivity index (χ1n) is 9.91. The fraction of sp³-hybridized carbons (Fsp3) is 0.435. The standard InChI is InChI=1S/C23H26FNO2/c24-20-9-6-17(7-10-20)8-11-21(18-4-2-1-3-5-18)23(26)27-22-16-25-14-12-19(22)13-15-25/h1-7,9-10,19,21-22H,8,11-16H2. The highest BCUT2D eigenvalue weighted by molar-refractivity contribution is 5.78. The topological polar surface area (TPSA) is 29.5 Å². The molecule has 3 saturated heterocycles. The fourth-order valence-corrected chi connectivity index (χ4v) is 4.34. The lowest BCUT2D eigenvalue weighted by Gasteiger charge is -2.44. The van der Waals surface area contributed by atoms with Crippen LogP contribution < -0.4 is 0 Å². The highest BCUT2D eigenvalue weighted by Gasteiger charge is 2.37. The van der Waals surface area contributed by atoms with Crippen molar-refractivity contribution >= 4 is 5.97 Å². The minimum absolute atomic E-state index is 0.0250. The summed E-state index contributed by atoms with van der Waals surface area (Å²) in [6, 6.07) is 16.4. The van der Waals surface area contributed by atoms with Gasteiger partial charge in [-0.3, -0.25) is 9.69 Å². The molecule has 3 heterocycles. The van der Waals surface area contributed by atoms with E-state index in [2.05, 4.69) is 4.90 Å².